The molecular formula is C20H21N3O3. The van der Waals surface area contributed by atoms with Crippen LogP contribution < -0.4 is 5.32 Å². The Hall–Kier alpha value is -2.70. The number of H-pyrrole nitrogens is 1. The van der Waals surface area contributed by atoms with E-state index in [9.17, 15) is 15.0 Å². The van der Waals surface area contributed by atoms with E-state index < -0.39 is 0 Å². The van der Waals surface area contributed by atoms with Crippen molar-refractivity contribution in [2.24, 2.45) is 5.92 Å². The van der Waals surface area contributed by atoms with Crippen molar-refractivity contribution >= 4 is 16.9 Å². The van der Waals surface area contributed by atoms with Gasteiger partial charge < -0.3 is 20.5 Å². The normalized spacial score (nSPS) is 20.5. The maximum atomic E-state index is 12.8. The lowest BCUT2D eigenvalue weighted by atomic mass is 9.75. The van der Waals surface area contributed by atoms with Gasteiger partial charge in [-0.2, -0.15) is 0 Å². The lowest BCUT2D eigenvalue weighted by Gasteiger charge is -2.38. The standard InChI is InChI=1S/C20H21N3O3/c24-11-18-21-16-7-6-13(10-17(16)22-18)20(26)23-19(14-8-15(25)9-14)12-4-2-1-3-5-12/h1-7,10,14-15,19,24-25H,8-9,11H2,(H,21,22)(H,23,26)/t14?,15?,19-/m0/s1. The molecule has 4 N–H and O–H groups in total. The number of carbonyl (C=O) groups excluding carboxylic acids is 1. The second-order valence-corrected chi connectivity index (χ2v) is 6.82. The van der Waals surface area contributed by atoms with Crippen LogP contribution in [0.3, 0.4) is 0 Å². The first-order valence-electron chi connectivity index (χ1n) is 8.77. The van der Waals surface area contributed by atoms with E-state index in [2.05, 4.69) is 15.3 Å². The smallest absolute Gasteiger partial charge is 0.251 e. The van der Waals surface area contributed by atoms with Crippen LogP contribution in [0.1, 0.15) is 40.6 Å². The highest BCUT2D eigenvalue weighted by Crippen LogP contribution is 2.38. The van der Waals surface area contributed by atoms with Gasteiger partial charge in [-0.1, -0.05) is 30.3 Å². The largest absolute Gasteiger partial charge is 0.393 e. The molecule has 0 spiro atoms. The third kappa shape index (κ3) is 3.21. The number of aliphatic hydroxyl groups excluding tert-OH is 2. The van der Waals surface area contributed by atoms with E-state index in [1.54, 1.807) is 18.2 Å². The first-order valence-corrected chi connectivity index (χ1v) is 8.77. The Balaban J connectivity index is 1.58. The number of nitrogens with one attached hydrogen (secondary N) is 2. The SMILES string of the molecule is O=C(N[C@@H](c1ccccc1)C1CC(O)C1)c1ccc2nc(CO)[nH]c2c1. The Morgan fingerprint density at radius 2 is 2.00 bits per heavy atom. The third-order valence-electron chi connectivity index (χ3n) is 5.01. The van der Waals surface area contributed by atoms with Gasteiger partial charge in [-0.05, 0) is 42.5 Å². The topological polar surface area (TPSA) is 98.2 Å². The highest BCUT2D eigenvalue weighted by atomic mass is 16.3. The Kier molecular flexibility index (Phi) is 4.44. The van der Waals surface area contributed by atoms with Crippen LogP contribution >= 0.6 is 0 Å². The van der Waals surface area contributed by atoms with Gasteiger partial charge in [0.15, 0.2) is 0 Å². The number of hydrogen-bond acceptors (Lipinski definition) is 4. The molecule has 0 unspecified atom stereocenters. The third-order valence-corrected chi connectivity index (χ3v) is 5.01. The van der Waals surface area contributed by atoms with Crippen LogP contribution in [-0.4, -0.2) is 32.2 Å². The summed E-state index contributed by atoms with van der Waals surface area (Å²) in [5.74, 6) is 0.540. The second-order valence-electron chi connectivity index (χ2n) is 6.82. The molecule has 134 valence electrons. The fourth-order valence-corrected chi connectivity index (χ4v) is 3.54. The average Bonchev–Trinajstić information content (AvgIpc) is 3.06. The maximum absolute atomic E-state index is 12.8. The first-order chi connectivity index (χ1) is 12.6. The monoisotopic (exact) mass is 351 g/mol. The Morgan fingerprint density at radius 1 is 1.23 bits per heavy atom. The van der Waals surface area contributed by atoms with E-state index in [1.165, 1.54) is 0 Å². The van der Waals surface area contributed by atoms with Crippen molar-refractivity contribution in [1.29, 1.82) is 0 Å². The van der Waals surface area contributed by atoms with Gasteiger partial charge in [0.05, 0.1) is 23.2 Å². The van der Waals surface area contributed by atoms with Gasteiger partial charge in [0.2, 0.25) is 0 Å². The fraction of sp³-hybridized carbons (Fsp3) is 0.300. The highest BCUT2D eigenvalue weighted by Gasteiger charge is 2.35. The molecule has 1 fully saturated rings. The van der Waals surface area contributed by atoms with E-state index in [-0.39, 0.29) is 30.6 Å². The number of hydrogen-bond donors (Lipinski definition) is 4. The van der Waals surface area contributed by atoms with E-state index in [0.29, 0.717) is 29.7 Å². The summed E-state index contributed by atoms with van der Waals surface area (Å²) in [5.41, 5.74) is 3.01. The summed E-state index contributed by atoms with van der Waals surface area (Å²) >= 11 is 0. The zero-order valence-corrected chi connectivity index (χ0v) is 14.2. The fourth-order valence-electron chi connectivity index (χ4n) is 3.54. The van der Waals surface area contributed by atoms with Crippen molar-refractivity contribution < 1.29 is 15.0 Å². The molecule has 3 aromatic rings. The molecule has 0 saturated heterocycles. The van der Waals surface area contributed by atoms with Gasteiger partial charge in [-0.25, -0.2) is 4.98 Å². The number of rotatable bonds is 5. The number of benzene rings is 2. The molecule has 1 aromatic heterocycles. The Labute approximate surface area is 150 Å². The predicted octanol–water partition coefficient (Wildman–Crippen LogP) is 2.30. The molecule has 0 aliphatic heterocycles. The van der Waals surface area contributed by atoms with Gasteiger partial charge in [-0.15, -0.1) is 0 Å². The van der Waals surface area contributed by atoms with Crippen LogP contribution in [0.2, 0.25) is 0 Å². The molecule has 1 aliphatic carbocycles. The molecule has 6 nitrogen and oxygen atoms in total. The summed E-state index contributed by atoms with van der Waals surface area (Å²) in [7, 11) is 0. The van der Waals surface area contributed by atoms with Gasteiger partial charge in [0.1, 0.15) is 12.4 Å². The average molecular weight is 351 g/mol. The molecular weight excluding hydrogens is 330 g/mol. The number of carbonyl (C=O) groups is 1. The highest BCUT2D eigenvalue weighted by molar-refractivity contribution is 5.97. The van der Waals surface area contributed by atoms with Crippen molar-refractivity contribution in [3.8, 4) is 0 Å². The predicted molar refractivity (Wildman–Crippen MR) is 97.4 cm³/mol. The number of aromatic amines is 1. The molecule has 0 radical (unpaired) electrons. The van der Waals surface area contributed by atoms with E-state index in [1.807, 2.05) is 30.3 Å². The van der Waals surface area contributed by atoms with Gasteiger partial charge in [0, 0.05) is 5.56 Å². The minimum absolute atomic E-state index is 0.127. The summed E-state index contributed by atoms with van der Waals surface area (Å²) in [6, 6.07) is 15.0. The molecule has 1 atom stereocenters. The van der Waals surface area contributed by atoms with E-state index in [4.69, 9.17) is 0 Å². The van der Waals surface area contributed by atoms with Gasteiger partial charge in [0.25, 0.3) is 5.91 Å². The van der Waals surface area contributed by atoms with Crippen molar-refractivity contribution in [1.82, 2.24) is 15.3 Å². The molecule has 6 heteroatoms. The molecule has 1 amide bonds. The Morgan fingerprint density at radius 3 is 2.69 bits per heavy atom. The zero-order chi connectivity index (χ0) is 18.1. The summed E-state index contributed by atoms with van der Waals surface area (Å²) in [4.78, 5) is 20.1. The Bertz CT molecular complexity index is 916. The van der Waals surface area contributed by atoms with Crippen LogP contribution in [0, 0.1) is 5.92 Å². The minimum atomic E-state index is -0.277. The number of imidazole rings is 1. The number of fused-ring (bicyclic) bond motifs is 1. The van der Waals surface area contributed by atoms with Gasteiger partial charge >= 0.3 is 0 Å². The lowest BCUT2D eigenvalue weighted by Crippen LogP contribution is -2.41. The molecule has 26 heavy (non-hydrogen) atoms. The second kappa shape index (κ2) is 6.90. The van der Waals surface area contributed by atoms with Crippen molar-refractivity contribution in [2.75, 3.05) is 0 Å². The van der Waals surface area contributed by atoms with E-state index in [0.717, 1.165) is 11.1 Å². The van der Waals surface area contributed by atoms with Gasteiger partial charge in [-0.3, -0.25) is 4.79 Å². The zero-order valence-electron chi connectivity index (χ0n) is 14.2. The summed E-state index contributed by atoms with van der Waals surface area (Å²) in [6.45, 7) is -0.170. The quantitative estimate of drug-likeness (QED) is 0.567. The number of amides is 1. The molecule has 1 aliphatic rings. The van der Waals surface area contributed by atoms with Crippen LogP contribution in [0.25, 0.3) is 11.0 Å². The molecule has 1 heterocycles. The molecule has 1 saturated carbocycles. The summed E-state index contributed by atoms with van der Waals surface area (Å²) in [6.07, 6.45) is 1.11. The number of aliphatic hydroxyl groups is 2. The number of aromatic nitrogens is 2. The summed E-state index contributed by atoms with van der Waals surface area (Å²) in [5, 5.41) is 22.0. The maximum Gasteiger partial charge on any atom is 0.251 e. The minimum Gasteiger partial charge on any atom is -0.393 e. The molecule has 4 rings (SSSR count). The molecule has 2 aromatic carbocycles. The lowest BCUT2D eigenvalue weighted by molar-refractivity contribution is 0.0235. The summed E-state index contributed by atoms with van der Waals surface area (Å²) < 4.78 is 0. The number of nitrogens with zero attached hydrogens (tertiary/aromatic N) is 1. The van der Waals surface area contributed by atoms with E-state index >= 15 is 0 Å². The van der Waals surface area contributed by atoms with Crippen LogP contribution in [-0.2, 0) is 6.61 Å². The van der Waals surface area contributed by atoms with Crippen LogP contribution in [0.5, 0.6) is 0 Å². The molecule has 0 bridgehead atoms. The first kappa shape index (κ1) is 16.8. The van der Waals surface area contributed by atoms with Crippen LogP contribution in [0.15, 0.2) is 48.5 Å². The van der Waals surface area contributed by atoms with Crippen LogP contribution in [0.4, 0.5) is 0 Å². The van der Waals surface area contributed by atoms with Crippen molar-refractivity contribution in [3.63, 3.8) is 0 Å². The van der Waals surface area contributed by atoms with Crippen molar-refractivity contribution in [3.05, 3.63) is 65.5 Å². The van der Waals surface area contributed by atoms with Crippen molar-refractivity contribution in [2.45, 2.75) is 31.6 Å².